The number of aryl methyl sites for hydroxylation is 1. The lowest BCUT2D eigenvalue weighted by molar-refractivity contribution is -0.131. The Labute approximate surface area is 173 Å². The summed E-state index contributed by atoms with van der Waals surface area (Å²) in [4.78, 5) is 14.6. The molecule has 6 nitrogen and oxygen atoms in total. The van der Waals surface area contributed by atoms with Crippen molar-refractivity contribution in [3.63, 3.8) is 0 Å². The van der Waals surface area contributed by atoms with Gasteiger partial charge in [-0.15, -0.1) is 0 Å². The fourth-order valence-electron chi connectivity index (χ4n) is 3.47. The van der Waals surface area contributed by atoms with Crippen LogP contribution in [0.3, 0.4) is 0 Å². The zero-order valence-electron chi connectivity index (χ0n) is 17.0. The number of benzene rings is 2. The number of carbonyl (C=O) groups is 1. The maximum atomic E-state index is 12.9. The highest BCUT2D eigenvalue weighted by Gasteiger charge is 2.30. The summed E-state index contributed by atoms with van der Waals surface area (Å²) >= 11 is 0. The molecule has 0 aromatic heterocycles. The van der Waals surface area contributed by atoms with Crippen molar-refractivity contribution in [1.82, 2.24) is 9.21 Å². The topological polar surface area (TPSA) is 66.9 Å². The third-order valence-electron chi connectivity index (χ3n) is 5.21. The van der Waals surface area contributed by atoms with Gasteiger partial charge in [-0.2, -0.15) is 4.31 Å². The molecular formula is C22H28N2O4S. The van der Waals surface area contributed by atoms with Crippen molar-refractivity contribution in [2.75, 3.05) is 33.3 Å². The Bertz CT molecular complexity index is 916. The third-order valence-corrected chi connectivity index (χ3v) is 7.12. The first kappa shape index (κ1) is 21.3. The first-order valence-corrected chi connectivity index (χ1v) is 11.4. The highest BCUT2D eigenvalue weighted by molar-refractivity contribution is 7.89. The van der Waals surface area contributed by atoms with Gasteiger partial charge in [0.05, 0.1) is 18.4 Å². The second-order valence-electron chi connectivity index (χ2n) is 7.20. The lowest BCUT2D eigenvalue weighted by Crippen LogP contribution is -2.50. The van der Waals surface area contributed by atoms with Crippen LogP contribution in [-0.2, 0) is 27.7 Å². The zero-order valence-corrected chi connectivity index (χ0v) is 17.8. The maximum Gasteiger partial charge on any atom is 0.243 e. The van der Waals surface area contributed by atoms with E-state index in [4.69, 9.17) is 4.74 Å². The molecule has 29 heavy (non-hydrogen) atoms. The third kappa shape index (κ3) is 5.16. The van der Waals surface area contributed by atoms with Gasteiger partial charge in [-0.3, -0.25) is 4.79 Å². The fraction of sp³-hybridized carbons (Fsp3) is 0.409. The molecule has 1 aliphatic heterocycles. The second kappa shape index (κ2) is 9.41. The average Bonchev–Trinajstić information content (AvgIpc) is 2.75. The van der Waals surface area contributed by atoms with E-state index >= 15 is 0 Å². The van der Waals surface area contributed by atoms with Crippen LogP contribution in [0.4, 0.5) is 0 Å². The van der Waals surface area contributed by atoms with Crippen LogP contribution in [0.25, 0.3) is 0 Å². The van der Waals surface area contributed by atoms with Crippen molar-refractivity contribution in [1.29, 1.82) is 0 Å². The van der Waals surface area contributed by atoms with E-state index < -0.39 is 10.0 Å². The smallest absolute Gasteiger partial charge is 0.243 e. The summed E-state index contributed by atoms with van der Waals surface area (Å²) in [7, 11) is -1.92. The Morgan fingerprint density at radius 3 is 2.07 bits per heavy atom. The van der Waals surface area contributed by atoms with E-state index in [2.05, 4.69) is 6.92 Å². The standard InChI is InChI=1S/C22H28N2O4S/c1-3-4-18-7-11-21(12-8-18)29(26,27)24-15-13-23(14-16-24)22(25)17-19-5-9-20(28-2)10-6-19/h5-12H,3-4,13-17H2,1-2H3. The number of methoxy groups -OCH3 is 1. The quantitative estimate of drug-likeness (QED) is 0.696. The van der Waals surface area contributed by atoms with Crippen LogP contribution in [0.1, 0.15) is 24.5 Å². The van der Waals surface area contributed by atoms with E-state index in [9.17, 15) is 13.2 Å². The molecule has 0 bridgehead atoms. The predicted molar refractivity (Wildman–Crippen MR) is 112 cm³/mol. The van der Waals surface area contributed by atoms with Gasteiger partial charge in [0.25, 0.3) is 0 Å². The first-order valence-electron chi connectivity index (χ1n) is 9.94. The molecule has 0 spiro atoms. The van der Waals surface area contributed by atoms with Gasteiger partial charge in [0.1, 0.15) is 5.75 Å². The van der Waals surface area contributed by atoms with Crippen LogP contribution < -0.4 is 4.74 Å². The van der Waals surface area contributed by atoms with Gasteiger partial charge in [0, 0.05) is 26.2 Å². The van der Waals surface area contributed by atoms with E-state index in [1.807, 2.05) is 36.4 Å². The van der Waals surface area contributed by atoms with Gasteiger partial charge in [0.15, 0.2) is 0 Å². The van der Waals surface area contributed by atoms with Crippen LogP contribution in [0.2, 0.25) is 0 Å². The molecule has 0 saturated carbocycles. The molecule has 0 atom stereocenters. The van der Waals surface area contributed by atoms with Crippen molar-refractivity contribution >= 4 is 15.9 Å². The van der Waals surface area contributed by atoms with Crippen molar-refractivity contribution in [3.8, 4) is 5.75 Å². The SMILES string of the molecule is CCCc1ccc(S(=O)(=O)N2CCN(C(=O)Cc3ccc(OC)cc3)CC2)cc1. The number of piperazine rings is 1. The number of amides is 1. The number of carbonyl (C=O) groups excluding carboxylic acids is 1. The van der Waals surface area contributed by atoms with Gasteiger partial charge in [0.2, 0.25) is 15.9 Å². The summed E-state index contributed by atoms with van der Waals surface area (Å²) in [5, 5.41) is 0. The largest absolute Gasteiger partial charge is 0.497 e. The number of hydrogen-bond donors (Lipinski definition) is 0. The van der Waals surface area contributed by atoms with E-state index in [0.717, 1.165) is 29.7 Å². The van der Waals surface area contributed by atoms with Crippen molar-refractivity contribution in [2.45, 2.75) is 31.1 Å². The summed E-state index contributed by atoms with van der Waals surface area (Å²) in [5.74, 6) is 0.763. The molecule has 1 heterocycles. The summed E-state index contributed by atoms with van der Waals surface area (Å²) < 4.78 is 32.4. The highest BCUT2D eigenvalue weighted by atomic mass is 32.2. The van der Waals surface area contributed by atoms with E-state index in [1.54, 1.807) is 24.1 Å². The van der Waals surface area contributed by atoms with Gasteiger partial charge in [-0.25, -0.2) is 8.42 Å². The van der Waals surface area contributed by atoms with Crippen LogP contribution in [0.15, 0.2) is 53.4 Å². The van der Waals surface area contributed by atoms with Crippen molar-refractivity contribution in [3.05, 3.63) is 59.7 Å². The normalized spacial score (nSPS) is 15.3. The molecule has 0 unspecified atom stereocenters. The summed E-state index contributed by atoms with van der Waals surface area (Å²) in [5.41, 5.74) is 2.05. The molecule has 1 fully saturated rings. The lowest BCUT2D eigenvalue weighted by Gasteiger charge is -2.34. The monoisotopic (exact) mass is 416 g/mol. The fourth-order valence-corrected chi connectivity index (χ4v) is 4.90. The van der Waals surface area contributed by atoms with E-state index in [-0.39, 0.29) is 5.91 Å². The van der Waals surface area contributed by atoms with E-state index in [0.29, 0.717) is 37.5 Å². The Hall–Kier alpha value is -2.38. The Balaban J connectivity index is 1.57. The Morgan fingerprint density at radius 1 is 0.931 bits per heavy atom. The molecule has 3 rings (SSSR count). The Morgan fingerprint density at radius 2 is 1.52 bits per heavy atom. The summed E-state index contributed by atoms with van der Waals surface area (Å²) in [6.45, 7) is 3.53. The minimum Gasteiger partial charge on any atom is -0.497 e. The molecule has 156 valence electrons. The molecule has 2 aromatic carbocycles. The molecule has 1 aliphatic rings. The van der Waals surface area contributed by atoms with Gasteiger partial charge in [-0.05, 0) is 41.8 Å². The summed E-state index contributed by atoms with van der Waals surface area (Å²) in [6.07, 6.45) is 2.27. The lowest BCUT2D eigenvalue weighted by atomic mass is 10.1. The predicted octanol–water partition coefficient (Wildman–Crippen LogP) is 2.72. The molecule has 0 aliphatic carbocycles. The Kier molecular flexibility index (Phi) is 6.92. The number of ether oxygens (including phenoxy) is 1. The second-order valence-corrected chi connectivity index (χ2v) is 9.14. The van der Waals surface area contributed by atoms with E-state index in [1.165, 1.54) is 4.31 Å². The van der Waals surface area contributed by atoms with Gasteiger partial charge in [-0.1, -0.05) is 37.6 Å². The molecule has 1 saturated heterocycles. The number of rotatable bonds is 7. The maximum absolute atomic E-state index is 12.9. The minimum atomic E-state index is -3.53. The average molecular weight is 417 g/mol. The van der Waals surface area contributed by atoms with Gasteiger partial charge < -0.3 is 9.64 Å². The van der Waals surface area contributed by atoms with Crippen molar-refractivity contribution < 1.29 is 17.9 Å². The molecule has 2 aromatic rings. The zero-order chi connectivity index (χ0) is 20.9. The highest BCUT2D eigenvalue weighted by Crippen LogP contribution is 2.19. The van der Waals surface area contributed by atoms with Crippen LogP contribution in [0, 0.1) is 0 Å². The first-order chi connectivity index (χ1) is 13.9. The molecule has 0 radical (unpaired) electrons. The van der Waals surface area contributed by atoms with Crippen LogP contribution in [-0.4, -0.2) is 56.8 Å². The number of nitrogens with zero attached hydrogens (tertiary/aromatic N) is 2. The molecule has 1 amide bonds. The van der Waals surface area contributed by atoms with Crippen LogP contribution in [0.5, 0.6) is 5.75 Å². The molecule has 7 heteroatoms. The number of hydrogen-bond acceptors (Lipinski definition) is 4. The minimum absolute atomic E-state index is 0.0103. The number of sulfonamides is 1. The molecular weight excluding hydrogens is 388 g/mol. The van der Waals surface area contributed by atoms with Gasteiger partial charge >= 0.3 is 0 Å². The molecule has 0 N–H and O–H groups in total. The van der Waals surface area contributed by atoms with Crippen molar-refractivity contribution in [2.24, 2.45) is 0 Å². The summed E-state index contributed by atoms with van der Waals surface area (Å²) in [6, 6.07) is 14.5. The van der Waals surface area contributed by atoms with Crippen LogP contribution >= 0.6 is 0 Å².